The van der Waals surface area contributed by atoms with Crippen LogP contribution >= 0.6 is 15.9 Å². The molecule has 20 heavy (non-hydrogen) atoms. The Morgan fingerprint density at radius 1 is 1.25 bits per heavy atom. The standard InChI is InChI=1S/C14H17BrN4O/c15-4-6-17-7-9-18(10-8-17)14(20)12-11-16-19-5-2-1-3-13(12)19/h1-3,5,11H,4,6-10H2. The minimum atomic E-state index is 0.0877. The van der Waals surface area contributed by atoms with Gasteiger partial charge in [0.1, 0.15) is 0 Å². The van der Waals surface area contributed by atoms with Gasteiger partial charge in [-0.1, -0.05) is 22.0 Å². The molecular weight excluding hydrogens is 320 g/mol. The van der Waals surface area contributed by atoms with E-state index in [0.717, 1.165) is 43.6 Å². The fraction of sp³-hybridized carbons (Fsp3) is 0.429. The summed E-state index contributed by atoms with van der Waals surface area (Å²) in [6.07, 6.45) is 3.53. The Balaban J connectivity index is 1.74. The van der Waals surface area contributed by atoms with Crippen LogP contribution in [-0.2, 0) is 0 Å². The quantitative estimate of drug-likeness (QED) is 0.797. The van der Waals surface area contributed by atoms with Gasteiger partial charge < -0.3 is 4.90 Å². The summed E-state index contributed by atoms with van der Waals surface area (Å²) in [4.78, 5) is 16.9. The second kappa shape index (κ2) is 5.93. The molecule has 2 aromatic rings. The molecule has 5 nitrogen and oxygen atoms in total. The lowest BCUT2D eigenvalue weighted by molar-refractivity contribution is 0.0647. The molecule has 3 heterocycles. The Bertz CT molecular complexity index is 604. The maximum absolute atomic E-state index is 12.6. The molecule has 2 aromatic heterocycles. The zero-order valence-corrected chi connectivity index (χ0v) is 12.8. The Labute approximate surface area is 126 Å². The summed E-state index contributed by atoms with van der Waals surface area (Å²) < 4.78 is 1.74. The molecular formula is C14H17BrN4O. The van der Waals surface area contributed by atoms with E-state index in [1.165, 1.54) is 0 Å². The lowest BCUT2D eigenvalue weighted by atomic mass is 10.2. The predicted molar refractivity (Wildman–Crippen MR) is 81.3 cm³/mol. The van der Waals surface area contributed by atoms with Crippen LogP contribution in [0, 0.1) is 0 Å². The third kappa shape index (κ3) is 2.58. The van der Waals surface area contributed by atoms with Crippen LogP contribution in [0.15, 0.2) is 30.6 Å². The molecule has 1 aliphatic rings. The summed E-state index contributed by atoms with van der Waals surface area (Å²) in [5.41, 5.74) is 1.57. The van der Waals surface area contributed by atoms with E-state index in [-0.39, 0.29) is 5.91 Å². The monoisotopic (exact) mass is 336 g/mol. The lowest BCUT2D eigenvalue weighted by Gasteiger charge is -2.34. The first-order valence-corrected chi connectivity index (χ1v) is 7.91. The van der Waals surface area contributed by atoms with Crippen molar-refractivity contribution in [2.24, 2.45) is 0 Å². The van der Waals surface area contributed by atoms with Crippen LogP contribution in [0.3, 0.4) is 0 Å². The van der Waals surface area contributed by atoms with Crippen molar-refractivity contribution >= 4 is 27.4 Å². The fourth-order valence-electron chi connectivity index (χ4n) is 2.56. The molecule has 0 N–H and O–H groups in total. The highest BCUT2D eigenvalue weighted by Gasteiger charge is 2.23. The Kier molecular flexibility index (Phi) is 4.03. The van der Waals surface area contributed by atoms with Gasteiger partial charge in [0.25, 0.3) is 5.91 Å². The normalized spacial score (nSPS) is 16.8. The molecule has 1 amide bonds. The topological polar surface area (TPSA) is 40.9 Å². The van der Waals surface area contributed by atoms with Gasteiger partial charge >= 0.3 is 0 Å². The number of halogens is 1. The molecule has 1 fully saturated rings. The van der Waals surface area contributed by atoms with Gasteiger partial charge in [-0.2, -0.15) is 5.10 Å². The van der Waals surface area contributed by atoms with Crippen molar-refractivity contribution in [2.45, 2.75) is 0 Å². The molecule has 0 radical (unpaired) electrons. The number of nitrogens with zero attached hydrogens (tertiary/aromatic N) is 4. The van der Waals surface area contributed by atoms with Crippen LogP contribution in [0.2, 0.25) is 0 Å². The molecule has 0 aliphatic carbocycles. The SMILES string of the molecule is O=C(c1cnn2ccccc12)N1CCN(CCBr)CC1. The van der Waals surface area contributed by atoms with Crippen molar-refractivity contribution in [3.8, 4) is 0 Å². The van der Waals surface area contributed by atoms with Gasteiger partial charge in [-0.15, -0.1) is 0 Å². The van der Waals surface area contributed by atoms with E-state index in [9.17, 15) is 4.79 Å². The van der Waals surface area contributed by atoms with Crippen LogP contribution in [0.4, 0.5) is 0 Å². The first kappa shape index (κ1) is 13.6. The van der Waals surface area contributed by atoms with Crippen molar-refractivity contribution in [3.63, 3.8) is 0 Å². The summed E-state index contributed by atoms with van der Waals surface area (Å²) in [6.45, 7) is 4.50. The van der Waals surface area contributed by atoms with E-state index in [4.69, 9.17) is 0 Å². The number of carbonyl (C=O) groups excluding carboxylic acids is 1. The Morgan fingerprint density at radius 2 is 2.05 bits per heavy atom. The zero-order valence-electron chi connectivity index (χ0n) is 11.2. The van der Waals surface area contributed by atoms with E-state index in [0.29, 0.717) is 5.56 Å². The number of aromatic nitrogens is 2. The maximum Gasteiger partial charge on any atom is 0.257 e. The number of alkyl halides is 1. The molecule has 0 saturated carbocycles. The molecule has 106 valence electrons. The number of carbonyl (C=O) groups is 1. The molecule has 0 unspecified atom stereocenters. The van der Waals surface area contributed by atoms with E-state index in [2.05, 4.69) is 25.9 Å². The highest BCUT2D eigenvalue weighted by Crippen LogP contribution is 2.14. The van der Waals surface area contributed by atoms with Gasteiger partial charge in [0.2, 0.25) is 0 Å². The van der Waals surface area contributed by atoms with Crippen LogP contribution < -0.4 is 0 Å². The second-order valence-corrected chi connectivity index (χ2v) is 5.70. The highest BCUT2D eigenvalue weighted by atomic mass is 79.9. The number of pyridine rings is 1. The molecule has 0 spiro atoms. The molecule has 6 heteroatoms. The largest absolute Gasteiger partial charge is 0.336 e. The Morgan fingerprint density at radius 3 is 2.80 bits per heavy atom. The smallest absolute Gasteiger partial charge is 0.257 e. The first-order chi connectivity index (χ1) is 9.79. The van der Waals surface area contributed by atoms with Gasteiger partial charge in [-0.3, -0.25) is 9.69 Å². The molecule has 3 rings (SSSR count). The minimum absolute atomic E-state index is 0.0877. The number of amides is 1. The molecule has 0 aromatic carbocycles. The van der Waals surface area contributed by atoms with Crippen molar-refractivity contribution in [3.05, 3.63) is 36.2 Å². The average molecular weight is 337 g/mol. The van der Waals surface area contributed by atoms with Crippen molar-refractivity contribution in [2.75, 3.05) is 38.1 Å². The average Bonchev–Trinajstić information content (AvgIpc) is 2.92. The predicted octanol–water partition coefficient (Wildman–Crippen LogP) is 1.49. The number of piperazine rings is 1. The summed E-state index contributed by atoms with van der Waals surface area (Å²) in [5.74, 6) is 0.0877. The van der Waals surface area contributed by atoms with Crippen LogP contribution in [0.5, 0.6) is 0 Å². The Hall–Kier alpha value is -1.40. The molecule has 1 saturated heterocycles. The first-order valence-electron chi connectivity index (χ1n) is 6.79. The summed E-state index contributed by atoms with van der Waals surface area (Å²) in [6, 6.07) is 5.77. The molecule has 0 bridgehead atoms. The number of hydrogen-bond donors (Lipinski definition) is 0. The van der Waals surface area contributed by atoms with Crippen LogP contribution in [-0.4, -0.2) is 63.4 Å². The third-order valence-corrected chi connectivity index (χ3v) is 4.07. The second-order valence-electron chi connectivity index (χ2n) is 4.91. The van der Waals surface area contributed by atoms with E-state index >= 15 is 0 Å². The summed E-state index contributed by atoms with van der Waals surface area (Å²) in [5, 5.41) is 5.21. The third-order valence-electron chi connectivity index (χ3n) is 3.72. The van der Waals surface area contributed by atoms with Crippen LogP contribution in [0.1, 0.15) is 10.4 Å². The zero-order chi connectivity index (χ0) is 13.9. The number of hydrogen-bond acceptors (Lipinski definition) is 3. The highest BCUT2D eigenvalue weighted by molar-refractivity contribution is 9.09. The maximum atomic E-state index is 12.6. The van der Waals surface area contributed by atoms with Gasteiger partial charge in [-0.05, 0) is 12.1 Å². The minimum Gasteiger partial charge on any atom is -0.336 e. The van der Waals surface area contributed by atoms with Crippen molar-refractivity contribution in [1.82, 2.24) is 19.4 Å². The summed E-state index contributed by atoms with van der Waals surface area (Å²) >= 11 is 3.45. The van der Waals surface area contributed by atoms with Crippen molar-refractivity contribution in [1.29, 1.82) is 0 Å². The van der Waals surface area contributed by atoms with Crippen LogP contribution in [0.25, 0.3) is 5.52 Å². The number of rotatable bonds is 3. The van der Waals surface area contributed by atoms with E-state index < -0.39 is 0 Å². The van der Waals surface area contributed by atoms with E-state index in [1.54, 1.807) is 10.7 Å². The van der Waals surface area contributed by atoms with Crippen molar-refractivity contribution < 1.29 is 4.79 Å². The van der Waals surface area contributed by atoms with E-state index in [1.807, 2.05) is 29.3 Å². The number of fused-ring (bicyclic) bond motifs is 1. The molecule has 0 atom stereocenters. The molecule has 1 aliphatic heterocycles. The van der Waals surface area contributed by atoms with Gasteiger partial charge in [0.05, 0.1) is 17.3 Å². The lowest BCUT2D eigenvalue weighted by Crippen LogP contribution is -2.49. The summed E-state index contributed by atoms with van der Waals surface area (Å²) in [7, 11) is 0. The van der Waals surface area contributed by atoms with Gasteiger partial charge in [0.15, 0.2) is 0 Å². The van der Waals surface area contributed by atoms with Gasteiger partial charge in [-0.25, -0.2) is 4.52 Å². The van der Waals surface area contributed by atoms with Gasteiger partial charge in [0, 0.05) is 44.3 Å². The fourth-order valence-corrected chi connectivity index (χ4v) is 3.07.